The fourth-order valence-corrected chi connectivity index (χ4v) is 3.55. The van der Waals surface area contributed by atoms with E-state index in [-0.39, 0.29) is 17.6 Å². The summed E-state index contributed by atoms with van der Waals surface area (Å²) in [4.78, 5) is 24.6. The maximum absolute atomic E-state index is 12.4. The standard InChI is InChI=1S/C20H19N7O/c21-13-18-20(24-12-11-23-18)25-15-1-3-16(4-2-15)27-19(28)6-5-17(26-27)14-7-9-22-10-8-14/h5-12,15-16H,1-4H2,(H,24,25). The molecule has 0 amide bonds. The van der Waals surface area contributed by atoms with Crippen LogP contribution >= 0.6 is 0 Å². The fourth-order valence-electron chi connectivity index (χ4n) is 3.55. The maximum Gasteiger partial charge on any atom is 0.267 e. The molecule has 0 atom stereocenters. The van der Waals surface area contributed by atoms with Gasteiger partial charge in [-0.3, -0.25) is 9.78 Å². The first-order valence-corrected chi connectivity index (χ1v) is 9.22. The number of anilines is 1. The molecule has 0 saturated heterocycles. The van der Waals surface area contributed by atoms with Gasteiger partial charge in [-0.15, -0.1) is 0 Å². The predicted molar refractivity (Wildman–Crippen MR) is 103 cm³/mol. The van der Waals surface area contributed by atoms with Crippen LogP contribution < -0.4 is 10.9 Å². The second-order valence-corrected chi connectivity index (χ2v) is 6.75. The lowest BCUT2D eigenvalue weighted by atomic mass is 9.91. The largest absolute Gasteiger partial charge is 0.365 e. The topological polar surface area (TPSA) is 109 Å². The van der Waals surface area contributed by atoms with Crippen molar-refractivity contribution in [2.45, 2.75) is 37.8 Å². The molecule has 0 bridgehead atoms. The van der Waals surface area contributed by atoms with Gasteiger partial charge in [0.05, 0.1) is 11.7 Å². The van der Waals surface area contributed by atoms with Crippen LogP contribution in [-0.2, 0) is 0 Å². The molecule has 1 aliphatic carbocycles. The van der Waals surface area contributed by atoms with Crippen LogP contribution in [0.25, 0.3) is 11.3 Å². The number of hydrogen-bond donors (Lipinski definition) is 1. The highest BCUT2D eigenvalue weighted by Gasteiger charge is 2.25. The van der Waals surface area contributed by atoms with Crippen LogP contribution in [0.5, 0.6) is 0 Å². The highest BCUT2D eigenvalue weighted by Crippen LogP contribution is 2.29. The first-order chi connectivity index (χ1) is 13.7. The molecular formula is C20H19N7O. The van der Waals surface area contributed by atoms with E-state index in [1.165, 1.54) is 6.20 Å². The van der Waals surface area contributed by atoms with Crippen molar-refractivity contribution in [1.29, 1.82) is 5.26 Å². The molecule has 3 heterocycles. The number of aromatic nitrogens is 5. The van der Waals surface area contributed by atoms with Gasteiger partial charge in [0.25, 0.3) is 5.56 Å². The number of nitriles is 1. The lowest BCUT2D eigenvalue weighted by Gasteiger charge is -2.30. The smallest absolute Gasteiger partial charge is 0.267 e. The predicted octanol–water partition coefficient (Wildman–Crippen LogP) is 2.56. The normalized spacial score (nSPS) is 19.0. The summed E-state index contributed by atoms with van der Waals surface area (Å²) >= 11 is 0. The molecule has 3 aromatic heterocycles. The lowest BCUT2D eigenvalue weighted by Crippen LogP contribution is -2.33. The van der Waals surface area contributed by atoms with Gasteiger partial charge in [0.15, 0.2) is 11.5 Å². The minimum absolute atomic E-state index is 0.0598. The Kier molecular flexibility index (Phi) is 5.06. The molecule has 0 aliphatic heterocycles. The van der Waals surface area contributed by atoms with E-state index in [2.05, 4.69) is 31.4 Å². The molecule has 0 spiro atoms. The molecule has 140 valence electrons. The van der Waals surface area contributed by atoms with Crippen molar-refractivity contribution in [2.24, 2.45) is 0 Å². The SMILES string of the molecule is N#Cc1nccnc1NC1CCC(n2nc(-c3ccncc3)ccc2=O)CC1. The number of nitrogens with one attached hydrogen (secondary N) is 1. The van der Waals surface area contributed by atoms with E-state index < -0.39 is 0 Å². The molecule has 1 saturated carbocycles. The van der Waals surface area contributed by atoms with Gasteiger partial charge in [0.1, 0.15) is 6.07 Å². The summed E-state index contributed by atoms with van der Waals surface area (Å²) in [7, 11) is 0. The maximum atomic E-state index is 12.4. The molecule has 0 aromatic carbocycles. The van der Waals surface area contributed by atoms with E-state index in [0.717, 1.165) is 36.9 Å². The Balaban J connectivity index is 1.47. The van der Waals surface area contributed by atoms with Gasteiger partial charge in [-0.25, -0.2) is 14.6 Å². The Bertz CT molecular complexity index is 1050. The summed E-state index contributed by atoms with van der Waals surface area (Å²) in [5.74, 6) is 0.517. The molecule has 4 rings (SSSR count). The van der Waals surface area contributed by atoms with Gasteiger partial charge >= 0.3 is 0 Å². The van der Waals surface area contributed by atoms with Crippen molar-refractivity contribution in [3.63, 3.8) is 0 Å². The molecule has 1 N–H and O–H groups in total. The second kappa shape index (κ2) is 7.96. The average Bonchev–Trinajstić information content (AvgIpc) is 2.76. The molecule has 8 heteroatoms. The lowest BCUT2D eigenvalue weighted by molar-refractivity contribution is 0.304. The van der Waals surface area contributed by atoms with Crippen molar-refractivity contribution in [3.05, 3.63) is 65.1 Å². The Morgan fingerprint density at radius 3 is 2.50 bits per heavy atom. The summed E-state index contributed by atoms with van der Waals surface area (Å²) in [5, 5.41) is 17.1. The summed E-state index contributed by atoms with van der Waals surface area (Å²) in [6.07, 6.45) is 9.88. The van der Waals surface area contributed by atoms with Crippen LogP contribution in [0.3, 0.4) is 0 Å². The third-order valence-electron chi connectivity index (χ3n) is 4.99. The van der Waals surface area contributed by atoms with E-state index in [9.17, 15) is 4.79 Å². The van der Waals surface area contributed by atoms with E-state index >= 15 is 0 Å². The monoisotopic (exact) mass is 373 g/mol. The molecule has 1 aliphatic rings. The highest BCUT2D eigenvalue weighted by atomic mass is 16.1. The van der Waals surface area contributed by atoms with Gasteiger partial charge in [-0.2, -0.15) is 10.4 Å². The average molecular weight is 373 g/mol. The van der Waals surface area contributed by atoms with Gasteiger partial charge < -0.3 is 5.32 Å². The summed E-state index contributed by atoms with van der Waals surface area (Å²) in [6, 6.07) is 9.39. The number of hydrogen-bond acceptors (Lipinski definition) is 7. The second-order valence-electron chi connectivity index (χ2n) is 6.75. The Morgan fingerprint density at radius 1 is 1.00 bits per heavy atom. The van der Waals surface area contributed by atoms with Crippen molar-refractivity contribution >= 4 is 5.82 Å². The van der Waals surface area contributed by atoms with Crippen LogP contribution in [0, 0.1) is 11.3 Å². The van der Waals surface area contributed by atoms with Gasteiger partial charge in [-0.1, -0.05) is 0 Å². The Labute approximate surface area is 161 Å². The first kappa shape index (κ1) is 17.8. The van der Waals surface area contributed by atoms with Crippen molar-refractivity contribution in [2.75, 3.05) is 5.32 Å². The van der Waals surface area contributed by atoms with E-state index in [1.807, 2.05) is 12.1 Å². The quantitative estimate of drug-likeness (QED) is 0.748. The molecule has 28 heavy (non-hydrogen) atoms. The van der Waals surface area contributed by atoms with Crippen molar-refractivity contribution < 1.29 is 0 Å². The van der Waals surface area contributed by atoms with Gasteiger partial charge in [0.2, 0.25) is 0 Å². The minimum atomic E-state index is -0.0880. The van der Waals surface area contributed by atoms with Crippen molar-refractivity contribution in [3.8, 4) is 17.3 Å². The fraction of sp³-hybridized carbons (Fsp3) is 0.300. The number of pyridine rings is 1. The van der Waals surface area contributed by atoms with Crippen LogP contribution in [-0.4, -0.2) is 30.8 Å². The van der Waals surface area contributed by atoms with Gasteiger partial charge in [-0.05, 0) is 43.9 Å². The highest BCUT2D eigenvalue weighted by molar-refractivity contribution is 5.57. The zero-order chi connectivity index (χ0) is 19.3. The van der Waals surface area contributed by atoms with E-state index in [4.69, 9.17) is 5.26 Å². The molecule has 0 unspecified atom stereocenters. The van der Waals surface area contributed by atoms with Crippen LogP contribution in [0.2, 0.25) is 0 Å². The Morgan fingerprint density at radius 2 is 1.75 bits per heavy atom. The van der Waals surface area contributed by atoms with Crippen LogP contribution in [0.15, 0.2) is 53.8 Å². The third kappa shape index (κ3) is 3.74. The van der Waals surface area contributed by atoms with E-state index in [1.54, 1.807) is 35.4 Å². The number of rotatable bonds is 4. The van der Waals surface area contributed by atoms with Crippen molar-refractivity contribution in [1.82, 2.24) is 24.7 Å². The Hall–Kier alpha value is -3.60. The number of nitrogens with zero attached hydrogens (tertiary/aromatic N) is 6. The first-order valence-electron chi connectivity index (χ1n) is 9.22. The third-order valence-corrected chi connectivity index (χ3v) is 4.99. The summed E-state index contributed by atoms with van der Waals surface area (Å²) < 4.78 is 1.61. The van der Waals surface area contributed by atoms with Crippen LogP contribution in [0.4, 0.5) is 5.82 Å². The zero-order valence-electron chi connectivity index (χ0n) is 15.2. The zero-order valence-corrected chi connectivity index (χ0v) is 15.2. The summed E-state index contributed by atoms with van der Waals surface area (Å²) in [6.45, 7) is 0. The van der Waals surface area contributed by atoms with Crippen LogP contribution in [0.1, 0.15) is 37.4 Å². The minimum Gasteiger partial charge on any atom is -0.365 e. The van der Waals surface area contributed by atoms with Gasteiger partial charge in [0, 0.05) is 42.5 Å². The molecular weight excluding hydrogens is 354 g/mol. The summed E-state index contributed by atoms with van der Waals surface area (Å²) in [5.41, 5.74) is 1.91. The molecule has 8 nitrogen and oxygen atoms in total. The molecule has 1 fully saturated rings. The molecule has 3 aromatic rings. The van der Waals surface area contributed by atoms with E-state index in [0.29, 0.717) is 11.5 Å². The molecule has 0 radical (unpaired) electrons.